The molecule has 1 aliphatic rings. The van der Waals surface area contributed by atoms with Crippen LogP contribution < -0.4 is 5.32 Å². The van der Waals surface area contributed by atoms with Crippen LogP contribution in [0.2, 0.25) is 0 Å². The van der Waals surface area contributed by atoms with E-state index in [-0.39, 0.29) is 0 Å². The number of rotatable bonds is 6. The fourth-order valence-corrected chi connectivity index (χ4v) is 2.82. The Morgan fingerprint density at radius 1 is 1.29 bits per heavy atom. The molecule has 0 radical (unpaired) electrons. The highest BCUT2D eigenvalue weighted by atomic mass is 16.5. The molecule has 17 heavy (non-hydrogen) atoms. The van der Waals surface area contributed by atoms with Crippen LogP contribution in [0.25, 0.3) is 0 Å². The smallest absolute Gasteiger partial charge is 0.0746 e. The molecule has 1 atom stereocenters. The molecule has 1 fully saturated rings. The number of methoxy groups -OCH3 is 1. The fourth-order valence-electron chi connectivity index (χ4n) is 2.82. The maximum atomic E-state index is 10.2. The van der Waals surface area contributed by atoms with E-state index in [2.05, 4.69) is 19.2 Å². The van der Waals surface area contributed by atoms with Gasteiger partial charge in [-0.2, -0.15) is 0 Å². The highest BCUT2D eigenvalue weighted by molar-refractivity contribution is 4.82. The normalized spacial score (nSPS) is 29.3. The molecular formula is C14H29NO2. The van der Waals surface area contributed by atoms with Gasteiger partial charge in [-0.1, -0.05) is 13.8 Å². The summed E-state index contributed by atoms with van der Waals surface area (Å²) in [7, 11) is 1.80. The molecule has 102 valence electrons. The number of aliphatic hydroxyl groups is 1. The molecule has 2 N–H and O–H groups in total. The van der Waals surface area contributed by atoms with E-state index in [4.69, 9.17) is 4.74 Å². The highest BCUT2D eigenvalue weighted by Gasteiger charge is 2.25. The van der Waals surface area contributed by atoms with E-state index in [0.717, 1.165) is 32.1 Å². The number of ether oxygens (including phenoxy) is 1. The van der Waals surface area contributed by atoms with Gasteiger partial charge in [0.2, 0.25) is 0 Å². The van der Waals surface area contributed by atoms with Crippen molar-refractivity contribution >= 4 is 0 Å². The molecular weight excluding hydrogens is 214 g/mol. The van der Waals surface area contributed by atoms with E-state index in [1.165, 1.54) is 0 Å². The van der Waals surface area contributed by atoms with Crippen LogP contribution in [0.3, 0.4) is 0 Å². The average molecular weight is 243 g/mol. The minimum absolute atomic E-state index is 0.448. The Morgan fingerprint density at radius 2 is 1.88 bits per heavy atom. The van der Waals surface area contributed by atoms with Gasteiger partial charge >= 0.3 is 0 Å². The SMILES string of the molecule is COC1CCC(NCC(C)(O)CC(C)C)CC1. The lowest BCUT2D eigenvalue weighted by Crippen LogP contribution is -2.45. The third-order valence-electron chi connectivity index (χ3n) is 3.63. The van der Waals surface area contributed by atoms with Gasteiger partial charge in [0.25, 0.3) is 0 Å². The van der Waals surface area contributed by atoms with Crippen LogP contribution in [0.4, 0.5) is 0 Å². The molecule has 1 rings (SSSR count). The number of hydrogen-bond acceptors (Lipinski definition) is 3. The number of hydrogen-bond donors (Lipinski definition) is 2. The van der Waals surface area contributed by atoms with Gasteiger partial charge < -0.3 is 15.2 Å². The quantitative estimate of drug-likeness (QED) is 0.752. The monoisotopic (exact) mass is 243 g/mol. The van der Waals surface area contributed by atoms with E-state index in [1.807, 2.05) is 6.92 Å². The second-order valence-corrected chi connectivity index (χ2v) is 6.19. The van der Waals surface area contributed by atoms with Crippen LogP contribution in [0.15, 0.2) is 0 Å². The van der Waals surface area contributed by atoms with Crippen LogP contribution in [0.5, 0.6) is 0 Å². The van der Waals surface area contributed by atoms with Gasteiger partial charge in [-0.3, -0.25) is 0 Å². The average Bonchev–Trinajstić information content (AvgIpc) is 2.25. The lowest BCUT2D eigenvalue weighted by atomic mass is 9.90. The first-order valence-corrected chi connectivity index (χ1v) is 6.91. The topological polar surface area (TPSA) is 41.5 Å². The largest absolute Gasteiger partial charge is 0.389 e. The second kappa shape index (κ2) is 6.72. The van der Waals surface area contributed by atoms with E-state index >= 15 is 0 Å². The summed E-state index contributed by atoms with van der Waals surface area (Å²) < 4.78 is 5.36. The van der Waals surface area contributed by atoms with Gasteiger partial charge in [-0.25, -0.2) is 0 Å². The Kier molecular flexibility index (Phi) is 5.90. The molecule has 0 aromatic heterocycles. The Balaban J connectivity index is 2.22. The molecule has 0 spiro atoms. The van der Waals surface area contributed by atoms with Crippen LogP contribution in [0.1, 0.15) is 52.9 Å². The molecule has 3 nitrogen and oxygen atoms in total. The molecule has 0 heterocycles. The molecule has 0 saturated heterocycles. The Bertz CT molecular complexity index is 208. The van der Waals surface area contributed by atoms with Crippen molar-refractivity contribution in [1.82, 2.24) is 5.32 Å². The summed E-state index contributed by atoms with van der Waals surface area (Å²) >= 11 is 0. The predicted molar refractivity (Wildman–Crippen MR) is 71.1 cm³/mol. The van der Waals surface area contributed by atoms with E-state index in [9.17, 15) is 5.11 Å². The zero-order valence-corrected chi connectivity index (χ0v) is 11.8. The van der Waals surface area contributed by atoms with Crippen molar-refractivity contribution in [2.75, 3.05) is 13.7 Å². The molecule has 1 saturated carbocycles. The zero-order chi connectivity index (χ0) is 12.9. The van der Waals surface area contributed by atoms with Gasteiger partial charge in [-0.15, -0.1) is 0 Å². The van der Waals surface area contributed by atoms with Crippen LogP contribution in [0, 0.1) is 5.92 Å². The minimum Gasteiger partial charge on any atom is -0.389 e. The molecule has 0 aromatic carbocycles. The summed E-state index contributed by atoms with van der Waals surface area (Å²) in [6.07, 6.45) is 5.91. The summed E-state index contributed by atoms with van der Waals surface area (Å²) in [5.41, 5.74) is -0.577. The van der Waals surface area contributed by atoms with Gasteiger partial charge in [0.1, 0.15) is 0 Å². The van der Waals surface area contributed by atoms with E-state index in [1.54, 1.807) is 7.11 Å². The van der Waals surface area contributed by atoms with Gasteiger partial charge in [0.15, 0.2) is 0 Å². The molecule has 1 unspecified atom stereocenters. The Hall–Kier alpha value is -0.120. The minimum atomic E-state index is -0.577. The van der Waals surface area contributed by atoms with Crippen molar-refractivity contribution < 1.29 is 9.84 Å². The van der Waals surface area contributed by atoms with Gasteiger partial charge in [-0.05, 0) is 44.9 Å². The first-order valence-electron chi connectivity index (χ1n) is 6.91. The first-order chi connectivity index (χ1) is 7.93. The van der Waals surface area contributed by atoms with Crippen LogP contribution in [-0.4, -0.2) is 36.5 Å². The van der Waals surface area contributed by atoms with E-state index in [0.29, 0.717) is 24.6 Å². The maximum Gasteiger partial charge on any atom is 0.0746 e. The number of nitrogens with one attached hydrogen (secondary N) is 1. The van der Waals surface area contributed by atoms with Crippen molar-refractivity contribution in [2.24, 2.45) is 5.92 Å². The van der Waals surface area contributed by atoms with Crippen LogP contribution in [-0.2, 0) is 4.74 Å². The predicted octanol–water partition coefficient (Wildman–Crippen LogP) is 2.33. The standard InChI is InChI=1S/C14H29NO2/c1-11(2)9-14(3,16)10-15-12-5-7-13(17-4)8-6-12/h11-13,15-16H,5-10H2,1-4H3. The van der Waals surface area contributed by atoms with Crippen molar-refractivity contribution in [1.29, 1.82) is 0 Å². The van der Waals surface area contributed by atoms with Crippen molar-refractivity contribution in [3.8, 4) is 0 Å². The van der Waals surface area contributed by atoms with Crippen molar-refractivity contribution in [2.45, 2.75) is 70.6 Å². The summed E-state index contributed by atoms with van der Waals surface area (Å²) in [4.78, 5) is 0. The summed E-state index contributed by atoms with van der Waals surface area (Å²) in [6.45, 7) is 6.94. The van der Waals surface area contributed by atoms with Crippen LogP contribution >= 0.6 is 0 Å². The van der Waals surface area contributed by atoms with Crippen molar-refractivity contribution in [3.05, 3.63) is 0 Å². The second-order valence-electron chi connectivity index (χ2n) is 6.19. The summed E-state index contributed by atoms with van der Waals surface area (Å²) in [5.74, 6) is 0.538. The first kappa shape index (κ1) is 14.9. The molecule has 3 heteroatoms. The van der Waals surface area contributed by atoms with E-state index < -0.39 is 5.60 Å². The summed E-state index contributed by atoms with van der Waals surface area (Å²) in [6, 6.07) is 0.556. The van der Waals surface area contributed by atoms with Gasteiger partial charge in [0, 0.05) is 19.7 Å². The fraction of sp³-hybridized carbons (Fsp3) is 1.00. The third-order valence-corrected chi connectivity index (χ3v) is 3.63. The Labute approximate surface area is 106 Å². The Morgan fingerprint density at radius 3 is 2.35 bits per heavy atom. The lowest BCUT2D eigenvalue weighted by Gasteiger charge is -2.32. The van der Waals surface area contributed by atoms with Crippen molar-refractivity contribution in [3.63, 3.8) is 0 Å². The lowest BCUT2D eigenvalue weighted by molar-refractivity contribution is 0.0278. The molecule has 0 aliphatic heterocycles. The highest BCUT2D eigenvalue weighted by Crippen LogP contribution is 2.22. The summed E-state index contributed by atoms with van der Waals surface area (Å²) in [5, 5.41) is 13.7. The molecule has 1 aliphatic carbocycles. The maximum absolute atomic E-state index is 10.2. The van der Waals surface area contributed by atoms with Gasteiger partial charge in [0.05, 0.1) is 11.7 Å². The molecule has 0 bridgehead atoms. The zero-order valence-electron chi connectivity index (χ0n) is 11.8. The molecule has 0 aromatic rings. The molecule has 0 amide bonds. The third kappa shape index (κ3) is 5.84.